The highest BCUT2D eigenvalue weighted by molar-refractivity contribution is 6.53. The van der Waals surface area contributed by atoms with E-state index >= 15 is 0 Å². The van der Waals surface area contributed by atoms with Crippen molar-refractivity contribution in [1.82, 2.24) is 4.90 Å². The Morgan fingerprint density at radius 2 is 2.14 bits per heavy atom. The van der Waals surface area contributed by atoms with Crippen LogP contribution in [0, 0.1) is 11.8 Å². The fraction of sp³-hybridized carbons (Fsp3) is 0.700. The number of hydrogen-bond donors (Lipinski definition) is 0. The van der Waals surface area contributed by atoms with Crippen LogP contribution in [-0.4, -0.2) is 28.7 Å². The van der Waals surface area contributed by atoms with E-state index in [4.69, 9.17) is 23.2 Å². The monoisotopic (exact) mass is 233 g/mol. The quantitative estimate of drug-likeness (QED) is 0.530. The highest BCUT2D eigenvalue weighted by atomic mass is 35.5. The minimum atomic E-state index is -0.928. The molecule has 0 aromatic carbocycles. The van der Waals surface area contributed by atoms with Crippen molar-refractivity contribution in [3.63, 3.8) is 0 Å². The molecule has 2 aliphatic carbocycles. The number of allylic oxidation sites excluding steroid dienone is 1. The largest absolute Gasteiger partial charge is 0.340 e. The van der Waals surface area contributed by atoms with E-state index in [9.17, 15) is 4.79 Å². The standard InChI is InChI=1S/C10H13Cl2NO/c1-13(10(14)9(11)12)8-5-6-2-3-7(8)4-6/h2-3,6-9H,4-5H2,1H3/t6-,7-,8-/m1/s1. The minimum absolute atomic E-state index is 0.181. The van der Waals surface area contributed by atoms with Gasteiger partial charge in [-0.15, -0.1) is 0 Å². The van der Waals surface area contributed by atoms with E-state index in [0.717, 1.165) is 6.42 Å². The van der Waals surface area contributed by atoms with Gasteiger partial charge in [0.05, 0.1) is 0 Å². The van der Waals surface area contributed by atoms with Gasteiger partial charge < -0.3 is 4.90 Å². The predicted molar refractivity (Wildman–Crippen MR) is 57.4 cm³/mol. The SMILES string of the molecule is CN(C(=O)C(Cl)Cl)[C@@H]1C[C@@H]2C=C[C@@H]1C2. The summed E-state index contributed by atoms with van der Waals surface area (Å²) in [6.45, 7) is 0. The van der Waals surface area contributed by atoms with Crippen LogP contribution in [-0.2, 0) is 4.79 Å². The maximum absolute atomic E-state index is 11.5. The van der Waals surface area contributed by atoms with Crippen LogP contribution in [0.3, 0.4) is 0 Å². The summed E-state index contributed by atoms with van der Waals surface area (Å²) >= 11 is 11.1. The Morgan fingerprint density at radius 1 is 1.43 bits per heavy atom. The first kappa shape index (κ1) is 10.3. The molecule has 0 heterocycles. The molecular formula is C10H13Cl2NO. The van der Waals surface area contributed by atoms with Crippen LogP contribution in [0.15, 0.2) is 12.2 Å². The van der Waals surface area contributed by atoms with Gasteiger partial charge in [0.15, 0.2) is 4.84 Å². The number of nitrogens with zero attached hydrogens (tertiary/aromatic N) is 1. The molecule has 78 valence electrons. The van der Waals surface area contributed by atoms with Crippen LogP contribution < -0.4 is 0 Å². The number of carbonyl (C=O) groups excluding carboxylic acids is 1. The van der Waals surface area contributed by atoms with Gasteiger partial charge in [-0.3, -0.25) is 4.79 Å². The molecule has 2 rings (SSSR count). The highest BCUT2D eigenvalue weighted by Gasteiger charge is 2.40. The highest BCUT2D eigenvalue weighted by Crippen LogP contribution is 2.41. The second kappa shape index (κ2) is 3.74. The lowest BCUT2D eigenvalue weighted by molar-refractivity contribution is -0.130. The van der Waals surface area contributed by atoms with Gasteiger partial charge in [0.25, 0.3) is 5.91 Å². The maximum Gasteiger partial charge on any atom is 0.255 e. The average Bonchev–Trinajstić information content (AvgIpc) is 2.76. The number of rotatable bonds is 2. The lowest BCUT2D eigenvalue weighted by Gasteiger charge is -2.29. The van der Waals surface area contributed by atoms with Crippen LogP contribution in [0.25, 0.3) is 0 Å². The summed E-state index contributed by atoms with van der Waals surface area (Å²) in [5.74, 6) is 0.990. The van der Waals surface area contributed by atoms with Crippen molar-refractivity contribution < 1.29 is 4.79 Å². The molecule has 0 spiro atoms. The van der Waals surface area contributed by atoms with Crippen LogP contribution in [0.5, 0.6) is 0 Å². The summed E-state index contributed by atoms with van der Waals surface area (Å²) < 4.78 is 0. The molecule has 0 radical (unpaired) electrons. The lowest BCUT2D eigenvalue weighted by Crippen LogP contribution is -2.42. The fourth-order valence-electron chi connectivity index (χ4n) is 2.51. The van der Waals surface area contributed by atoms with E-state index in [2.05, 4.69) is 12.2 Å². The Hall–Kier alpha value is -0.210. The number of hydrogen-bond acceptors (Lipinski definition) is 1. The first-order valence-corrected chi connectivity index (χ1v) is 5.70. The Labute approximate surface area is 93.9 Å². The van der Waals surface area contributed by atoms with Gasteiger partial charge in [-0.05, 0) is 24.7 Å². The molecule has 1 fully saturated rings. The Balaban J connectivity index is 2.03. The van der Waals surface area contributed by atoms with Crippen LogP contribution in [0.2, 0.25) is 0 Å². The van der Waals surface area contributed by atoms with E-state index in [0.29, 0.717) is 17.9 Å². The number of alkyl halides is 2. The molecule has 0 aromatic heterocycles. The van der Waals surface area contributed by atoms with Gasteiger partial charge in [-0.2, -0.15) is 0 Å². The predicted octanol–water partition coefficient (Wildman–Crippen LogP) is 2.21. The third-order valence-corrected chi connectivity index (χ3v) is 3.65. The molecule has 0 aromatic rings. The zero-order valence-electron chi connectivity index (χ0n) is 7.99. The summed E-state index contributed by atoms with van der Waals surface area (Å²) in [5, 5.41) is 0. The normalized spacial score (nSPS) is 34.1. The molecule has 1 amide bonds. The molecule has 2 aliphatic rings. The van der Waals surface area contributed by atoms with Crippen LogP contribution in [0.1, 0.15) is 12.8 Å². The smallest absolute Gasteiger partial charge is 0.255 e. The molecule has 0 aliphatic heterocycles. The second-order valence-electron chi connectivity index (χ2n) is 4.10. The fourth-order valence-corrected chi connectivity index (χ4v) is 2.82. The minimum Gasteiger partial charge on any atom is -0.340 e. The van der Waals surface area contributed by atoms with Crippen molar-refractivity contribution in [2.75, 3.05) is 7.05 Å². The summed E-state index contributed by atoms with van der Waals surface area (Å²) in [4.78, 5) is 12.3. The average molecular weight is 234 g/mol. The van der Waals surface area contributed by atoms with Gasteiger partial charge in [-0.25, -0.2) is 0 Å². The summed E-state index contributed by atoms with van der Waals surface area (Å²) in [7, 11) is 1.79. The zero-order chi connectivity index (χ0) is 10.3. The van der Waals surface area contributed by atoms with Gasteiger partial charge in [-0.1, -0.05) is 35.4 Å². The second-order valence-corrected chi connectivity index (χ2v) is 5.19. The lowest BCUT2D eigenvalue weighted by atomic mass is 10.0. The number of halogens is 2. The molecule has 2 bridgehead atoms. The Bertz CT molecular complexity index is 277. The summed E-state index contributed by atoms with van der Waals surface area (Å²) in [6, 6.07) is 0.303. The molecule has 2 nitrogen and oxygen atoms in total. The van der Waals surface area contributed by atoms with Gasteiger partial charge in [0.1, 0.15) is 0 Å². The Morgan fingerprint density at radius 3 is 2.57 bits per heavy atom. The van der Waals surface area contributed by atoms with Crippen LogP contribution in [0.4, 0.5) is 0 Å². The molecule has 14 heavy (non-hydrogen) atoms. The Kier molecular flexibility index (Phi) is 2.76. The van der Waals surface area contributed by atoms with E-state index in [1.165, 1.54) is 6.42 Å². The van der Waals surface area contributed by atoms with E-state index < -0.39 is 4.84 Å². The number of fused-ring (bicyclic) bond motifs is 2. The van der Waals surface area contributed by atoms with E-state index in [-0.39, 0.29) is 5.91 Å². The van der Waals surface area contributed by atoms with Crippen molar-refractivity contribution >= 4 is 29.1 Å². The molecule has 4 heteroatoms. The van der Waals surface area contributed by atoms with E-state index in [1.54, 1.807) is 11.9 Å². The van der Waals surface area contributed by atoms with Crippen molar-refractivity contribution in [2.24, 2.45) is 11.8 Å². The van der Waals surface area contributed by atoms with Gasteiger partial charge in [0.2, 0.25) is 0 Å². The molecule has 0 unspecified atom stereocenters. The number of amides is 1. The molecule has 0 saturated heterocycles. The molecule has 0 N–H and O–H groups in total. The van der Waals surface area contributed by atoms with Crippen molar-refractivity contribution in [3.05, 3.63) is 12.2 Å². The maximum atomic E-state index is 11.5. The van der Waals surface area contributed by atoms with Crippen molar-refractivity contribution in [3.8, 4) is 0 Å². The summed E-state index contributed by atoms with van der Waals surface area (Å²) in [6.07, 6.45) is 6.69. The number of carbonyl (C=O) groups is 1. The molecule has 3 atom stereocenters. The third-order valence-electron chi connectivity index (χ3n) is 3.28. The zero-order valence-corrected chi connectivity index (χ0v) is 9.50. The van der Waals surface area contributed by atoms with Crippen molar-refractivity contribution in [1.29, 1.82) is 0 Å². The first-order valence-electron chi connectivity index (χ1n) is 4.82. The topological polar surface area (TPSA) is 20.3 Å². The molecule has 1 saturated carbocycles. The molecular weight excluding hydrogens is 221 g/mol. The third kappa shape index (κ3) is 1.66. The van der Waals surface area contributed by atoms with Crippen molar-refractivity contribution in [2.45, 2.75) is 23.7 Å². The van der Waals surface area contributed by atoms with E-state index in [1.807, 2.05) is 0 Å². The summed E-state index contributed by atoms with van der Waals surface area (Å²) in [5.41, 5.74) is 0. The van der Waals surface area contributed by atoms with Gasteiger partial charge >= 0.3 is 0 Å². The first-order chi connectivity index (χ1) is 6.59. The van der Waals surface area contributed by atoms with Gasteiger partial charge in [0, 0.05) is 13.1 Å². The van der Waals surface area contributed by atoms with Crippen LogP contribution >= 0.6 is 23.2 Å².